The molecule has 0 aromatic carbocycles. The summed E-state index contributed by atoms with van der Waals surface area (Å²) in [6, 6.07) is 0. The maximum absolute atomic E-state index is 11.6. The summed E-state index contributed by atoms with van der Waals surface area (Å²) < 4.78 is 10.3. The third-order valence-electron chi connectivity index (χ3n) is 3.34. The highest BCUT2D eigenvalue weighted by Gasteiger charge is 2.23. The van der Waals surface area contributed by atoms with E-state index in [2.05, 4.69) is 9.97 Å². The number of hydrogen-bond acceptors (Lipinski definition) is 7. The first-order chi connectivity index (χ1) is 10.5. The van der Waals surface area contributed by atoms with E-state index in [9.17, 15) is 4.79 Å². The molecule has 0 saturated carbocycles. The lowest BCUT2D eigenvalue weighted by molar-refractivity contribution is 0.0312. The summed E-state index contributed by atoms with van der Waals surface area (Å²) in [6.07, 6.45) is 4.17. The number of fused-ring (bicyclic) bond motifs is 3. The number of thiophene rings is 1. The summed E-state index contributed by atoms with van der Waals surface area (Å²) in [6.45, 7) is 5.41. The van der Waals surface area contributed by atoms with Gasteiger partial charge in [0, 0.05) is 10.3 Å². The summed E-state index contributed by atoms with van der Waals surface area (Å²) in [4.78, 5) is 22.8. The zero-order valence-electron chi connectivity index (χ0n) is 12.8. The smallest absolute Gasteiger partial charge is 0.432 e. The molecule has 0 amide bonds. The predicted molar refractivity (Wildman–Crippen MR) is 87.5 cm³/mol. The van der Waals surface area contributed by atoms with Gasteiger partial charge in [-0.05, 0) is 45.6 Å². The Hall–Kier alpha value is -1.34. The highest BCUT2D eigenvalue weighted by Crippen LogP contribution is 2.40. The Balaban J connectivity index is 1.78. The number of carbonyl (C=O) groups excluding carboxylic acids is 1. The minimum absolute atomic E-state index is 0.185. The van der Waals surface area contributed by atoms with E-state index in [0.29, 0.717) is 0 Å². The van der Waals surface area contributed by atoms with Gasteiger partial charge >= 0.3 is 6.16 Å². The van der Waals surface area contributed by atoms with Crippen molar-refractivity contribution in [3.63, 3.8) is 0 Å². The average molecular weight is 338 g/mol. The number of nitrogens with zero attached hydrogens (tertiary/aromatic N) is 2. The van der Waals surface area contributed by atoms with Crippen molar-refractivity contribution in [3.8, 4) is 0 Å². The largest absolute Gasteiger partial charge is 0.509 e. The number of hydrogen-bond donors (Lipinski definition) is 0. The van der Waals surface area contributed by atoms with Crippen LogP contribution in [0.3, 0.4) is 0 Å². The molecule has 22 heavy (non-hydrogen) atoms. The van der Waals surface area contributed by atoms with Gasteiger partial charge in [0.05, 0.1) is 6.10 Å². The Morgan fingerprint density at radius 1 is 1.27 bits per heavy atom. The average Bonchev–Trinajstić information content (AvgIpc) is 2.97. The SMILES string of the molecule is CC(C)OC(=O)OC(C)Sc1ncnc2sc3c(c12)CCC3. The van der Waals surface area contributed by atoms with Crippen molar-refractivity contribution in [1.82, 2.24) is 9.97 Å². The molecule has 7 heteroatoms. The van der Waals surface area contributed by atoms with Crippen molar-refractivity contribution >= 4 is 39.5 Å². The van der Waals surface area contributed by atoms with Crippen LogP contribution in [-0.2, 0) is 22.3 Å². The normalized spacial score (nSPS) is 15.1. The van der Waals surface area contributed by atoms with Crippen LogP contribution in [0.4, 0.5) is 4.79 Å². The van der Waals surface area contributed by atoms with Crippen LogP contribution >= 0.6 is 23.1 Å². The molecule has 0 radical (unpaired) electrons. The molecule has 0 saturated heterocycles. The molecule has 0 N–H and O–H groups in total. The van der Waals surface area contributed by atoms with E-state index in [1.807, 2.05) is 6.92 Å². The van der Waals surface area contributed by atoms with E-state index in [0.717, 1.165) is 28.1 Å². The topological polar surface area (TPSA) is 61.3 Å². The third kappa shape index (κ3) is 3.20. The van der Waals surface area contributed by atoms with Gasteiger partial charge in [-0.2, -0.15) is 0 Å². The number of aryl methyl sites for hydroxylation is 2. The molecule has 2 heterocycles. The molecule has 5 nitrogen and oxygen atoms in total. The first-order valence-corrected chi connectivity index (χ1v) is 9.03. The van der Waals surface area contributed by atoms with E-state index < -0.39 is 6.16 Å². The molecule has 0 fully saturated rings. The van der Waals surface area contributed by atoms with E-state index in [1.165, 1.54) is 28.6 Å². The molecule has 0 bridgehead atoms. The number of ether oxygens (including phenoxy) is 2. The second-order valence-corrected chi connectivity index (χ2v) is 7.81. The van der Waals surface area contributed by atoms with Crippen LogP contribution < -0.4 is 0 Å². The Bertz CT molecular complexity index is 699. The van der Waals surface area contributed by atoms with Crippen molar-refractivity contribution in [2.24, 2.45) is 0 Å². The Morgan fingerprint density at radius 3 is 2.86 bits per heavy atom. The fourth-order valence-corrected chi connectivity index (χ4v) is 4.71. The summed E-state index contributed by atoms with van der Waals surface area (Å²) >= 11 is 3.18. The maximum atomic E-state index is 11.6. The monoisotopic (exact) mass is 338 g/mol. The van der Waals surface area contributed by atoms with Crippen molar-refractivity contribution in [2.45, 2.75) is 56.6 Å². The summed E-state index contributed by atoms with van der Waals surface area (Å²) in [7, 11) is 0. The lowest BCUT2D eigenvalue weighted by atomic mass is 10.2. The molecule has 0 spiro atoms. The van der Waals surface area contributed by atoms with Gasteiger partial charge in [-0.15, -0.1) is 11.3 Å². The summed E-state index contributed by atoms with van der Waals surface area (Å²) in [5.41, 5.74) is 1.02. The molecular formula is C15H18N2O3S2. The molecule has 1 atom stereocenters. The molecule has 2 aromatic heterocycles. The molecule has 1 unspecified atom stereocenters. The fourth-order valence-electron chi connectivity index (χ4n) is 2.53. The zero-order chi connectivity index (χ0) is 15.7. The van der Waals surface area contributed by atoms with Gasteiger partial charge in [0.2, 0.25) is 0 Å². The van der Waals surface area contributed by atoms with Crippen LogP contribution in [-0.4, -0.2) is 27.7 Å². The van der Waals surface area contributed by atoms with Crippen LogP contribution in [0.5, 0.6) is 0 Å². The highest BCUT2D eigenvalue weighted by molar-refractivity contribution is 7.99. The number of thioether (sulfide) groups is 1. The van der Waals surface area contributed by atoms with E-state index >= 15 is 0 Å². The van der Waals surface area contributed by atoms with Gasteiger partial charge in [-0.1, -0.05) is 11.8 Å². The second kappa shape index (κ2) is 6.42. The van der Waals surface area contributed by atoms with Gasteiger partial charge in [0.25, 0.3) is 0 Å². The van der Waals surface area contributed by atoms with Crippen molar-refractivity contribution in [1.29, 1.82) is 0 Å². The summed E-state index contributed by atoms with van der Waals surface area (Å²) in [5.74, 6) is 0. The van der Waals surface area contributed by atoms with E-state index in [1.54, 1.807) is 31.5 Å². The summed E-state index contributed by atoms with van der Waals surface area (Å²) in [5, 5.41) is 2.02. The minimum Gasteiger partial charge on any atom is -0.432 e. The molecule has 2 aromatic rings. The first-order valence-electron chi connectivity index (χ1n) is 7.33. The lowest BCUT2D eigenvalue weighted by Gasteiger charge is -2.14. The van der Waals surface area contributed by atoms with Crippen LogP contribution in [0.15, 0.2) is 11.4 Å². The van der Waals surface area contributed by atoms with Crippen LogP contribution in [0.2, 0.25) is 0 Å². The number of aromatic nitrogens is 2. The molecule has 1 aliphatic rings. The molecule has 0 aliphatic heterocycles. The van der Waals surface area contributed by atoms with Gasteiger partial charge in [0.1, 0.15) is 16.2 Å². The minimum atomic E-state index is -0.643. The zero-order valence-corrected chi connectivity index (χ0v) is 14.4. The Kier molecular flexibility index (Phi) is 4.54. The van der Waals surface area contributed by atoms with E-state index in [-0.39, 0.29) is 11.5 Å². The quantitative estimate of drug-likeness (QED) is 0.361. The van der Waals surface area contributed by atoms with Crippen LogP contribution in [0.25, 0.3) is 10.2 Å². The standard InChI is InChI=1S/C15H18N2O3S2/c1-8(2)19-15(18)20-9(3)21-13-12-10-5-4-6-11(10)22-14(12)17-7-16-13/h7-9H,4-6H2,1-3H3. The van der Waals surface area contributed by atoms with Gasteiger partial charge < -0.3 is 9.47 Å². The van der Waals surface area contributed by atoms with Crippen molar-refractivity contribution in [2.75, 3.05) is 0 Å². The van der Waals surface area contributed by atoms with Gasteiger partial charge in [-0.25, -0.2) is 14.8 Å². The maximum Gasteiger partial charge on any atom is 0.509 e. The number of rotatable bonds is 4. The Labute approximate surface area is 137 Å². The molecule has 1 aliphatic carbocycles. The molecule has 118 valence electrons. The van der Waals surface area contributed by atoms with Crippen LogP contribution in [0, 0.1) is 0 Å². The van der Waals surface area contributed by atoms with Crippen molar-refractivity contribution in [3.05, 3.63) is 16.8 Å². The first kappa shape index (κ1) is 15.6. The Morgan fingerprint density at radius 2 is 2.09 bits per heavy atom. The number of carbonyl (C=O) groups is 1. The van der Waals surface area contributed by atoms with Crippen molar-refractivity contribution < 1.29 is 14.3 Å². The highest BCUT2D eigenvalue weighted by atomic mass is 32.2. The predicted octanol–water partition coefficient (Wildman–Crippen LogP) is 4.18. The van der Waals surface area contributed by atoms with E-state index in [4.69, 9.17) is 9.47 Å². The molecule has 3 rings (SSSR count). The lowest BCUT2D eigenvalue weighted by Crippen LogP contribution is -2.17. The van der Waals surface area contributed by atoms with Gasteiger partial charge in [-0.3, -0.25) is 0 Å². The van der Waals surface area contributed by atoms with Gasteiger partial charge in [0.15, 0.2) is 5.44 Å². The second-order valence-electron chi connectivity index (χ2n) is 5.44. The van der Waals surface area contributed by atoms with Crippen LogP contribution in [0.1, 0.15) is 37.6 Å². The molecular weight excluding hydrogens is 320 g/mol. The fraction of sp³-hybridized carbons (Fsp3) is 0.533. The third-order valence-corrected chi connectivity index (χ3v) is 5.50.